The maximum atomic E-state index is 12.4. The van der Waals surface area contributed by atoms with Crippen molar-refractivity contribution in [2.24, 2.45) is 5.10 Å². The molecule has 0 spiro atoms. The largest absolute Gasteiger partial charge is 0.272 e. The third kappa shape index (κ3) is 3.89. The molecule has 3 rings (SSSR count). The molecule has 0 saturated heterocycles. The highest BCUT2D eigenvalue weighted by atomic mass is 127. The van der Waals surface area contributed by atoms with Gasteiger partial charge in [-0.25, -0.2) is 5.43 Å². The molecule has 0 fully saturated rings. The lowest BCUT2D eigenvalue weighted by atomic mass is 10.0. The molecule has 24 heavy (non-hydrogen) atoms. The zero-order chi connectivity index (χ0) is 16.8. The summed E-state index contributed by atoms with van der Waals surface area (Å²) in [7, 11) is 0. The van der Waals surface area contributed by atoms with Crippen LogP contribution in [0.4, 0.5) is 0 Å². The van der Waals surface area contributed by atoms with Crippen LogP contribution in [-0.4, -0.2) is 11.6 Å². The molecule has 0 radical (unpaired) electrons. The van der Waals surface area contributed by atoms with E-state index in [1.807, 2.05) is 78.9 Å². The lowest BCUT2D eigenvalue weighted by Gasteiger charge is -2.08. The number of hydrogen-bond acceptors (Lipinski definition) is 2. The quantitative estimate of drug-likeness (QED) is 0.373. The highest BCUT2D eigenvalue weighted by Crippen LogP contribution is 2.13. The molecule has 0 aliphatic rings. The Labute approximate surface area is 154 Å². The molecule has 118 valence electrons. The van der Waals surface area contributed by atoms with Crippen LogP contribution in [0.15, 0.2) is 90.0 Å². The molecule has 0 bridgehead atoms. The average Bonchev–Trinajstić information content (AvgIpc) is 2.64. The molecule has 4 heteroatoms. The van der Waals surface area contributed by atoms with E-state index in [1.54, 1.807) is 6.07 Å². The summed E-state index contributed by atoms with van der Waals surface area (Å²) >= 11 is 2.15. The molecule has 3 aromatic rings. The van der Waals surface area contributed by atoms with E-state index in [9.17, 15) is 4.79 Å². The van der Waals surface area contributed by atoms with Crippen molar-refractivity contribution >= 4 is 34.2 Å². The van der Waals surface area contributed by atoms with E-state index < -0.39 is 0 Å². The lowest BCUT2D eigenvalue weighted by molar-refractivity contribution is 0.0954. The maximum absolute atomic E-state index is 12.4. The number of rotatable bonds is 4. The van der Waals surface area contributed by atoms with Gasteiger partial charge in [0.25, 0.3) is 5.91 Å². The molecular formula is C20H15IN2O. The number of carbonyl (C=O) groups excluding carboxylic acids is 1. The molecule has 0 aliphatic carbocycles. The second kappa shape index (κ2) is 7.88. The van der Waals surface area contributed by atoms with Crippen LogP contribution in [0.1, 0.15) is 21.5 Å². The van der Waals surface area contributed by atoms with Gasteiger partial charge >= 0.3 is 0 Å². The van der Waals surface area contributed by atoms with Crippen molar-refractivity contribution in [3.8, 4) is 0 Å². The first-order valence-electron chi connectivity index (χ1n) is 7.49. The molecular weight excluding hydrogens is 411 g/mol. The van der Waals surface area contributed by atoms with E-state index >= 15 is 0 Å². The Hall–Kier alpha value is -2.47. The van der Waals surface area contributed by atoms with E-state index in [4.69, 9.17) is 0 Å². The van der Waals surface area contributed by atoms with Crippen LogP contribution in [0, 0.1) is 3.57 Å². The first-order chi connectivity index (χ1) is 11.8. The van der Waals surface area contributed by atoms with Crippen molar-refractivity contribution in [3.05, 3.63) is 105 Å². The minimum absolute atomic E-state index is 0.218. The van der Waals surface area contributed by atoms with Gasteiger partial charge in [-0.2, -0.15) is 5.10 Å². The van der Waals surface area contributed by atoms with Gasteiger partial charge in [0.2, 0.25) is 0 Å². The van der Waals surface area contributed by atoms with Crippen molar-refractivity contribution in [1.82, 2.24) is 5.43 Å². The van der Waals surface area contributed by atoms with Crippen molar-refractivity contribution in [2.75, 3.05) is 0 Å². The Balaban J connectivity index is 1.93. The number of amides is 1. The topological polar surface area (TPSA) is 41.5 Å². The van der Waals surface area contributed by atoms with Gasteiger partial charge in [-0.3, -0.25) is 4.79 Å². The highest BCUT2D eigenvalue weighted by Gasteiger charge is 2.10. The normalized spacial score (nSPS) is 10.0. The summed E-state index contributed by atoms with van der Waals surface area (Å²) in [6.45, 7) is 0. The fourth-order valence-corrected chi connectivity index (χ4v) is 2.93. The van der Waals surface area contributed by atoms with Crippen molar-refractivity contribution in [1.29, 1.82) is 0 Å². The first-order valence-corrected chi connectivity index (χ1v) is 8.57. The smallest absolute Gasteiger partial charge is 0.267 e. The molecule has 1 N–H and O–H groups in total. The number of halogens is 1. The van der Waals surface area contributed by atoms with E-state index in [2.05, 4.69) is 33.1 Å². The van der Waals surface area contributed by atoms with Gasteiger partial charge < -0.3 is 0 Å². The second-order valence-corrected chi connectivity index (χ2v) is 6.28. The molecule has 3 nitrogen and oxygen atoms in total. The standard InChI is InChI=1S/C20H15IN2O/c21-18-14-8-7-13-17(18)20(24)23-22-19(15-9-3-1-4-10-15)16-11-5-2-6-12-16/h1-14H,(H,23,24). The Morgan fingerprint density at radius 2 is 1.25 bits per heavy atom. The number of nitrogens with one attached hydrogen (secondary N) is 1. The number of benzene rings is 3. The third-order valence-electron chi connectivity index (χ3n) is 3.48. The second-order valence-electron chi connectivity index (χ2n) is 5.11. The zero-order valence-corrected chi connectivity index (χ0v) is 15.0. The van der Waals surface area contributed by atoms with Crippen LogP contribution in [0.3, 0.4) is 0 Å². The maximum Gasteiger partial charge on any atom is 0.272 e. The highest BCUT2D eigenvalue weighted by molar-refractivity contribution is 14.1. The average molecular weight is 426 g/mol. The molecule has 3 aromatic carbocycles. The summed E-state index contributed by atoms with van der Waals surface area (Å²) in [6, 6.07) is 27.1. The summed E-state index contributed by atoms with van der Waals surface area (Å²) in [5.41, 5.74) is 5.93. The Morgan fingerprint density at radius 3 is 1.79 bits per heavy atom. The summed E-state index contributed by atoms with van der Waals surface area (Å²) in [5, 5.41) is 4.40. The number of hydrazone groups is 1. The van der Waals surface area contributed by atoms with Crippen molar-refractivity contribution in [3.63, 3.8) is 0 Å². The monoisotopic (exact) mass is 426 g/mol. The van der Waals surface area contributed by atoms with E-state index in [0.717, 1.165) is 20.4 Å². The zero-order valence-electron chi connectivity index (χ0n) is 12.8. The van der Waals surface area contributed by atoms with Gasteiger partial charge in [0, 0.05) is 14.7 Å². The fourth-order valence-electron chi connectivity index (χ4n) is 2.30. The van der Waals surface area contributed by atoms with Crippen molar-refractivity contribution in [2.45, 2.75) is 0 Å². The number of carbonyl (C=O) groups is 1. The Morgan fingerprint density at radius 1 is 0.750 bits per heavy atom. The van der Waals surface area contributed by atoms with E-state index in [0.29, 0.717) is 5.56 Å². The minimum atomic E-state index is -0.218. The number of nitrogens with zero attached hydrogens (tertiary/aromatic N) is 1. The van der Waals surface area contributed by atoms with Gasteiger partial charge in [0.1, 0.15) is 0 Å². The summed E-state index contributed by atoms with van der Waals surface area (Å²) < 4.78 is 0.892. The molecule has 0 aliphatic heterocycles. The van der Waals surface area contributed by atoms with Gasteiger partial charge in [0.05, 0.1) is 11.3 Å². The molecule has 0 saturated carbocycles. The minimum Gasteiger partial charge on any atom is -0.267 e. The molecule has 1 amide bonds. The predicted octanol–water partition coefficient (Wildman–Crippen LogP) is 4.47. The summed E-state index contributed by atoms with van der Waals surface area (Å²) in [4.78, 5) is 12.4. The molecule has 0 atom stereocenters. The van der Waals surface area contributed by atoms with Crippen LogP contribution >= 0.6 is 22.6 Å². The molecule has 0 aromatic heterocycles. The third-order valence-corrected chi connectivity index (χ3v) is 4.42. The Kier molecular flexibility index (Phi) is 5.38. The predicted molar refractivity (Wildman–Crippen MR) is 105 cm³/mol. The van der Waals surface area contributed by atoms with Gasteiger partial charge in [-0.15, -0.1) is 0 Å². The lowest BCUT2D eigenvalue weighted by Crippen LogP contribution is -2.21. The first kappa shape index (κ1) is 16.4. The fraction of sp³-hybridized carbons (Fsp3) is 0. The van der Waals surface area contributed by atoms with Crippen LogP contribution in [0.25, 0.3) is 0 Å². The number of hydrogen-bond donors (Lipinski definition) is 1. The van der Waals surface area contributed by atoms with Crippen LogP contribution < -0.4 is 5.43 Å². The van der Waals surface area contributed by atoms with Gasteiger partial charge in [-0.1, -0.05) is 72.8 Å². The van der Waals surface area contributed by atoms with Crippen LogP contribution in [0.2, 0.25) is 0 Å². The van der Waals surface area contributed by atoms with Crippen LogP contribution in [0.5, 0.6) is 0 Å². The summed E-state index contributed by atoms with van der Waals surface area (Å²) in [6.07, 6.45) is 0. The molecule has 0 heterocycles. The van der Waals surface area contributed by atoms with E-state index in [1.165, 1.54) is 0 Å². The van der Waals surface area contributed by atoms with Gasteiger partial charge in [-0.05, 0) is 34.7 Å². The van der Waals surface area contributed by atoms with Gasteiger partial charge in [0.15, 0.2) is 0 Å². The van der Waals surface area contributed by atoms with Crippen molar-refractivity contribution < 1.29 is 4.79 Å². The SMILES string of the molecule is O=C(NN=C(c1ccccc1)c1ccccc1)c1ccccc1I. The molecule has 0 unspecified atom stereocenters. The Bertz CT molecular complexity index is 820. The van der Waals surface area contributed by atoms with Crippen LogP contribution in [-0.2, 0) is 0 Å². The van der Waals surface area contributed by atoms with E-state index in [-0.39, 0.29) is 5.91 Å². The summed E-state index contributed by atoms with van der Waals surface area (Å²) in [5.74, 6) is -0.218.